The van der Waals surface area contributed by atoms with Gasteiger partial charge in [-0.05, 0) is 44.1 Å². The van der Waals surface area contributed by atoms with Crippen molar-refractivity contribution >= 4 is 27.9 Å². The molecule has 1 aromatic carbocycles. The highest BCUT2D eigenvalue weighted by molar-refractivity contribution is 7.90. The molecule has 0 unspecified atom stereocenters. The molecule has 0 atom stereocenters. The fourth-order valence-corrected chi connectivity index (χ4v) is 3.26. The van der Waals surface area contributed by atoms with E-state index in [4.69, 9.17) is 0 Å². The summed E-state index contributed by atoms with van der Waals surface area (Å²) in [7, 11) is -3.92. The molecular formula is C13H18ClF3N2O2S. The molecule has 1 aromatic rings. The standard InChI is InChI=1S/C13H17F3N2O2S.ClH/c1-21(19,20)12-3-2-10(8-11(12)13(14,15)16)18-9-4-6-17-7-5-9;/h2-3,8-9,17-18H,4-7H2,1H3;1H. The van der Waals surface area contributed by atoms with E-state index in [0.29, 0.717) is 5.69 Å². The van der Waals surface area contributed by atoms with Crippen LogP contribution in [-0.4, -0.2) is 33.8 Å². The predicted octanol–water partition coefficient (Wildman–Crippen LogP) is 2.69. The van der Waals surface area contributed by atoms with Crippen LogP contribution in [-0.2, 0) is 16.0 Å². The topological polar surface area (TPSA) is 58.2 Å². The summed E-state index contributed by atoms with van der Waals surface area (Å²) in [6.07, 6.45) is -2.30. The smallest absolute Gasteiger partial charge is 0.382 e. The number of rotatable bonds is 3. The minimum absolute atomic E-state index is 0. The SMILES string of the molecule is CS(=O)(=O)c1ccc(NC2CCNCC2)cc1C(F)(F)F.Cl. The van der Waals surface area contributed by atoms with Crippen LogP contribution in [0, 0.1) is 0 Å². The van der Waals surface area contributed by atoms with Gasteiger partial charge in [0.05, 0.1) is 10.5 Å². The monoisotopic (exact) mass is 358 g/mol. The molecule has 126 valence electrons. The Morgan fingerprint density at radius 2 is 1.82 bits per heavy atom. The Morgan fingerprint density at radius 1 is 1.23 bits per heavy atom. The van der Waals surface area contributed by atoms with Crippen LogP contribution in [0.3, 0.4) is 0 Å². The predicted molar refractivity (Wildman–Crippen MR) is 81.3 cm³/mol. The van der Waals surface area contributed by atoms with E-state index in [1.165, 1.54) is 6.07 Å². The van der Waals surface area contributed by atoms with Gasteiger partial charge >= 0.3 is 6.18 Å². The van der Waals surface area contributed by atoms with Crippen molar-refractivity contribution in [2.24, 2.45) is 0 Å². The summed E-state index contributed by atoms with van der Waals surface area (Å²) in [6, 6.07) is 3.37. The lowest BCUT2D eigenvalue weighted by Gasteiger charge is -2.25. The first kappa shape index (κ1) is 19.1. The zero-order valence-corrected chi connectivity index (χ0v) is 13.5. The normalized spacial score (nSPS) is 16.9. The van der Waals surface area contributed by atoms with Crippen LogP contribution in [0.25, 0.3) is 0 Å². The van der Waals surface area contributed by atoms with Crippen LogP contribution in [0.4, 0.5) is 18.9 Å². The van der Waals surface area contributed by atoms with Gasteiger partial charge in [0.2, 0.25) is 0 Å². The highest BCUT2D eigenvalue weighted by Gasteiger charge is 2.36. The Hall–Kier alpha value is -0.990. The molecule has 0 aliphatic carbocycles. The van der Waals surface area contributed by atoms with Crippen molar-refractivity contribution in [1.29, 1.82) is 0 Å². The van der Waals surface area contributed by atoms with E-state index in [1.54, 1.807) is 0 Å². The second kappa shape index (κ2) is 7.06. The third-order valence-electron chi connectivity index (χ3n) is 3.39. The third kappa shape index (κ3) is 4.76. The fraction of sp³-hybridized carbons (Fsp3) is 0.538. The van der Waals surface area contributed by atoms with Gasteiger partial charge in [0, 0.05) is 18.0 Å². The van der Waals surface area contributed by atoms with Gasteiger partial charge in [-0.15, -0.1) is 12.4 Å². The summed E-state index contributed by atoms with van der Waals surface area (Å²) >= 11 is 0. The van der Waals surface area contributed by atoms with Crippen molar-refractivity contribution in [2.45, 2.75) is 30.0 Å². The molecular weight excluding hydrogens is 341 g/mol. The Balaban J connectivity index is 0.00000242. The van der Waals surface area contributed by atoms with E-state index in [0.717, 1.165) is 44.3 Å². The Morgan fingerprint density at radius 3 is 2.32 bits per heavy atom. The summed E-state index contributed by atoms with van der Waals surface area (Å²) in [5.41, 5.74) is -0.828. The second-order valence-electron chi connectivity index (χ2n) is 5.15. The molecule has 1 saturated heterocycles. The number of hydrogen-bond donors (Lipinski definition) is 2. The molecule has 1 aliphatic rings. The molecule has 0 aromatic heterocycles. The maximum Gasteiger partial charge on any atom is 0.417 e. The number of benzene rings is 1. The van der Waals surface area contributed by atoms with Gasteiger partial charge in [0.25, 0.3) is 0 Å². The Bertz CT molecular complexity index is 614. The maximum atomic E-state index is 13.0. The average Bonchev–Trinajstić information content (AvgIpc) is 2.37. The van der Waals surface area contributed by atoms with E-state index in [1.807, 2.05) is 0 Å². The number of halogens is 4. The molecule has 1 heterocycles. The lowest BCUT2D eigenvalue weighted by atomic mass is 10.1. The number of alkyl halides is 3. The first-order valence-corrected chi connectivity index (χ1v) is 8.45. The number of nitrogens with one attached hydrogen (secondary N) is 2. The van der Waals surface area contributed by atoms with E-state index in [-0.39, 0.29) is 18.4 Å². The first-order chi connectivity index (χ1) is 9.68. The largest absolute Gasteiger partial charge is 0.417 e. The minimum atomic E-state index is -4.70. The Kier molecular flexibility index (Phi) is 6.11. The van der Waals surface area contributed by atoms with Crippen LogP contribution in [0.2, 0.25) is 0 Å². The van der Waals surface area contributed by atoms with Crippen LogP contribution >= 0.6 is 12.4 Å². The van der Waals surface area contributed by atoms with Gasteiger partial charge < -0.3 is 10.6 Å². The maximum absolute atomic E-state index is 13.0. The van der Waals surface area contributed by atoms with Crippen LogP contribution in [0.5, 0.6) is 0 Å². The van der Waals surface area contributed by atoms with Crippen molar-refractivity contribution < 1.29 is 21.6 Å². The summed E-state index contributed by atoms with van der Waals surface area (Å²) in [5, 5.41) is 6.20. The lowest BCUT2D eigenvalue weighted by molar-refractivity contribution is -0.139. The number of anilines is 1. The molecule has 0 spiro atoms. The summed E-state index contributed by atoms with van der Waals surface area (Å²) in [5.74, 6) is 0. The molecule has 2 rings (SSSR count). The molecule has 1 fully saturated rings. The lowest BCUT2D eigenvalue weighted by Crippen LogP contribution is -2.35. The number of piperidine rings is 1. The highest BCUT2D eigenvalue weighted by atomic mass is 35.5. The van der Waals surface area contributed by atoms with Crippen LogP contribution in [0.15, 0.2) is 23.1 Å². The van der Waals surface area contributed by atoms with Gasteiger partial charge in [0.1, 0.15) is 0 Å². The van der Waals surface area contributed by atoms with Crippen molar-refractivity contribution in [3.05, 3.63) is 23.8 Å². The van der Waals surface area contributed by atoms with Gasteiger partial charge in [0.15, 0.2) is 9.84 Å². The third-order valence-corrected chi connectivity index (χ3v) is 4.55. The molecule has 4 nitrogen and oxygen atoms in total. The van der Waals surface area contributed by atoms with Crippen LogP contribution < -0.4 is 10.6 Å². The van der Waals surface area contributed by atoms with Crippen molar-refractivity contribution in [3.63, 3.8) is 0 Å². The van der Waals surface area contributed by atoms with Crippen LogP contribution in [0.1, 0.15) is 18.4 Å². The molecule has 0 amide bonds. The molecule has 1 aliphatic heterocycles. The Labute approximate surface area is 133 Å². The summed E-state index contributed by atoms with van der Waals surface area (Å²) in [6.45, 7) is 1.62. The molecule has 0 radical (unpaired) electrons. The van der Waals surface area contributed by atoms with Gasteiger partial charge in [-0.25, -0.2) is 8.42 Å². The van der Waals surface area contributed by atoms with E-state index >= 15 is 0 Å². The molecule has 0 bridgehead atoms. The van der Waals surface area contributed by atoms with Gasteiger partial charge in [-0.3, -0.25) is 0 Å². The quantitative estimate of drug-likeness (QED) is 0.872. The molecule has 0 saturated carbocycles. The summed E-state index contributed by atoms with van der Waals surface area (Å²) < 4.78 is 62.1. The molecule has 2 N–H and O–H groups in total. The first-order valence-electron chi connectivity index (χ1n) is 6.56. The van der Waals surface area contributed by atoms with Gasteiger partial charge in [-0.1, -0.05) is 0 Å². The zero-order valence-electron chi connectivity index (χ0n) is 11.9. The zero-order chi connectivity index (χ0) is 15.7. The fourth-order valence-electron chi connectivity index (χ4n) is 2.37. The molecule has 9 heteroatoms. The molecule has 22 heavy (non-hydrogen) atoms. The van der Waals surface area contributed by atoms with E-state index in [9.17, 15) is 21.6 Å². The van der Waals surface area contributed by atoms with Gasteiger partial charge in [-0.2, -0.15) is 13.2 Å². The average molecular weight is 359 g/mol. The number of hydrogen-bond acceptors (Lipinski definition) is 4. The van der Waals surface area contributed by atoms with E-state index in [2.05, 4.69) is 10.6 Å². The van der Waals surface area contributed by atoms with Crippen molar-refractivity contribution in [1.82, 2.24) is 5.32 Å². The van der Waals surface area contributed by atoms with E-state index < -0.39 is 26.5 Å². The summed E-state index contributed by atoms with van der Waals surface area (Å²) in [4.78, 5) is -0.689. The highest BCUT2D eigenvalue weighted by Crippen LogP contribution is 2.36. The second-order valence-corrected chi connectivity index (χ2v) is 7.13. The van der Waals surface area contributed by atoms with Crippen molar-refractivity contribution in [3.8, 4) is 0 Å². The number of sulfone groups is 1. The van der Waals surface area contributed by atoms with Crippen molar-refractivity contribution in [2.75, 3.05) is 24.7 Å². The minimum Gasteiger partial charge on any atom is -0.382 e.